The number of fused-ring (bicyclic) bond motifs is 1. The summed E-state index contributed by atoms with van der Waals surface area (Å²) in [5.41, 5.74) is 3.97. The molecule has 1 heterocycles. The van der Waals surface area contributed by atoms with E-state index in [0.717, 1.165) is 22.6 Å². The average molecular weight is 395 g/mol. The van der Waals surface area contributed by atoms with Crippen molar-refractivity contribution in [3.8, 4) is 34.0 Å². The van der Waals surface area contributed by atoms with E-state index >= 15 is 0 Å². The second kappa shape index (κ2) is 7.44. The third kappa shape index (κ3) is 3.37. The van der Waals surface area contributed by atoms with Gasteiger partial charge in [0.1, 0.15) is 17.3 Å². The number of hydrogen-bond donors (Lipinski definition) is 0. The molecule has 140 valence electrons. The summed E-state index contributed by atoms with van der Waals surface area (Å²) in [5.74, 6) is 0.955. The SMILES string of the molecule is COc1ccc(-c2nc3cc(F)c(Cl)cc3nc2-c2ccc(OC)cc2)cc1. The lowest BCUT2D eigenvalue weighted by Gasteiger charge is -2.12. The zero-order chi connectivity index (χ0) is 19.7. The quantitative estimate of drug-likeness (QED) is 0.440. The van der Waals surface area contributed by atoms with Crippen molar-refractivity contribution in [3.63, 3.8) is 0 Å². The topological polar surface area (TPSA) is 44.2 Å². The maximum Gasteiger partial charge on any atom is 0.144 e. The Bertz CT molecular complexity index is 1050. The minimum Gasteiger partial charge on any atom is -0.497 e. The standard InChI is InChI=1S/C22H16ClFN2O2/c1-27-15-7-3-13(4-8-15)21-22(14-5-9-16(28-2)10-6-14)26-20-12-18(24)17(23)11-19(20)25-21/h3-12H,1-2H3. The molecule has 6 heteroatoms. The van der Waals surface area contributed by atoms with E-state index in [1.165, 1.54) is 12.1 Å². The molecule has 0 aliphatic rings. The first-order valence-corrected chi connectivity index (χ1v) is 8.92. The Kier molecular flexibility index (Phi) is 4.84. The first kappa shape index (κ1) is 18.2. The van der Waals surface area contributed by atoms with Crippen molar-refractivity contribution in [1.82, 2.24) is 9.97 Å². The molecule has 0 unspecified atom stereocenters. The van der Waals surface area contributed by atoms with E-state index in [1.807, 2.05) is 48.5 Å². The van der Waals surface area contributed by atoms with Gasteiger partial charge in [-0.3, -0.25) is 0 Å². The summed E-state index contributed by atoms with van der Waals surface area (Å²) in [6.45, 7) is 0. The largest absolute Gasteiger partial charge is 0.497 e. The Morgan fingerprint density at radius 1 is 0.714 bits per heavy atom. The Labute approximate surface area is 166 Å². The summed E-state index contributed by atoms with van der Waals surface area (Å²) in [4.78, 5) is 9.42. The minimum absolute atomic E-state index is 0.0136. The number of halogens is 2. The van der Waals surface area contributed by atoms with Crippen molar-refractivity contribution in [2.24, 2.45) is 0 Å². The number of ether oxygens (including phenoxy) is 2. The second-order valence-corrected chi connectivity index (χ2v) is 6.54. The first-order chi connectivity index (χ1) is 13.6. The molecular weight excluding hydrogens is 379 g/mol. The van der Waals surface area contributed by atoms with E-state index in [0.29, 0.717) is 22.4 Å². The van der Waals surface area contributed by atoms with Gasteiger partial charge in [-0.05, 0) is 54.6 Å². The Hall–Kier alpha value is -3.18. The van der Waals surface area contributed by atoms with E-state index in [9.17, 15) is 4.39 Å². The van der Waals surface area contributed by atoms with Crippen molar-refractivity contribution in [2.75, 3.05) is 14.2 Å². The van der Waals surface area contributed by atoms with Crippen molar-refractivity contribution in [3.05, 3.63) is 71.5 Å². The molecule has 0 aliphatic heterocycles. The van der Waals surface area contributed by atoms with Crippen LogP contribution in [-0.2, 0) is 0 Å². The molecule has 0 fully saturated rings. The van der Waals surface area contributed by atoms with Crippen LogP contribution in [0, 0.1) is 5.82 Å². The maximum atomic E-state index is 14.0. The molecule has 0 saturated heterocycles. The van der Waals surface area contributed by atoms with Gasteiger partial charge in [-0.25, -0.2) is 14.4 Å². The molecule has 0 saturated carbocycles. The van der Waals surface area contributed by atoms with Gasteiger partial charge in [0.15, 0.2) is 0 Å². The van der Waals surface area contributed by atoms with Crippen LogP contribution in [0.15, 0.2) is 60.7 Å². The number of rotatable bonds is 4. The van der Waals surface area contributed by atoms with Crippen molar-refractivity contribution in [2.45, 2.75) is 0 Å². The number of hydrogen-bond acceptors (Lipinski definition) is 4. The summed E-state index contributed by atoms with van der Waals surface area (Å²) < 4.78 is 24.4. The Morgan fingerprint density at radius 2 is 1.14 bits per heavy atom. The molecule has 3 aromatic carbocycles. The van der Waals surface area contributed by atoms with Crippen LogP contribution in [0.1, 0.15) is 0 Å². The van der Waals surface area contributed by atoms with Gasteiger partial charge in [0.25, 0.3) is 0 Å². The summed E-state index contributed by atoms with van der Waals surface area (Å²) in [6, 6.07) is 17.8. The minimum atomic E-state index is -0.527. The molecule has 4 nitrogen and oxygen atoms in total. The van der Waals surface area contributed by atoms with Crippen LogP contribution in [0.4, 0.5) is 4.39 Å². The lowest BCUT2D eigenvalue weighted by Crippen LogP contribution is -1.97. The summed E-state index contributed by atoms with van der Waals surface area (Å²) in [7, 11) is 3.23. The van der Waals surface area contributed by atoms with E-state index in [-0.39, 0.29) is 5.02 Å². The van der Waals surface area contributed by atoms with Crippen LogP contribution in [-0.4, -0.2) is 24.2 Å². The normalized spacial score (nSPS) is 10.9. The zero-order valence-electron chi connectivity index (χ0n) is 15.2. The van der Waals surface area contributed by atoms with Crippen LogP contribution >= 0.6 is 11.6 Å². The molecule has 0 N–H and O–H groups in total. The lowest BCUT2D eigenvalue weighted by molar-refractivity contribution is 0.414. The van der Waals surface area contributed by atoms with Crippen LogP contribution in [0.2, 0.25) is 5.02 Å². The fourth-order valence-corrected chi connectivity index (χ4v) is 3.11. The van der Waals surface area contributed by atoms with Crippen LogP contribution in [0.5, 0.6) is 11.5 Å². The monoisotopic (exact) mass is 394 g/mol. The number of methoxy groups -OCH3 is 2. The fourth-order valence-electron chi connectivity index (χ4n) is 2.95. The van der Waals surface area contributed by atoms with Crippen molar-refractivity contribution < 1.29 is 13.9 Å². The predicted molar refractivity (Wildman–Crippen MR) is 108 cm³/mol. The lowest BCUT2D eigenvalue weighted by atomic mass is 10.0. The highest BCUT2D eigenvalue weighted by Crippen LogP contribution is 2.33. The van der Waals surface area contributed by atoms with E-state index in [1.54, 1.807) is 14.2 Å². The third-order valence-corrected chi connectivity index (χ3v) is 4.72. The highest BCUT2D eigenvalue weighted by atomic mass is 35.5. The van der Waals surface area contributed by atoms with Crippen LogP contribution < -0.4 is 9.47 Å². The number of aromatic nitrogens is 2. The second-order valence-electron chi connectivity index (χ2n) is 6.13. The molecule has 4 aromatic rings. The molecule has 0 atom stereocenters. The molecular formula is C22H16ClFN2O2. The average Bonchev–Trinajstić information content (AvgIpc) is 2.74. The molecule has 0 spiro atoms. The van der Waals surface area contributed by atoms with Crippen LogP contribution in [0.25, 0.3) is 33.5 Å². The summed E-state index contributed by atoms with van der Waals surface area (Å²) in [6.07, 6.45) is 0. The van der Waals surface area contributed by atoms with Crippen molar-refractivity contribution in [1.29, 1.82) is 0 Å². The van der Waals surface area contributed by atoms with E-state index < -0.39 is 5.82 Å². The molecule has 0 amide bonds. The molecule has 0 aliphatic carbocycles. The molecule has 4 rings (SSSR count). The number of nitrogens with zero attached hydrogens (tertiary/aromatic N) is 2. The Morgan fingerprint density at radius 3 is 1.57 bits per heavy atom. The van der Waals surface area contributed by atoms with Gasteiger partial charge >= 0.3 is 0 Å². The third-order valence-electron chi connectivity index (χ3n) is 4.43. The maximum absolute atomic E-state index is 14.0. The molecule has 28 heavy (non-hydrogen) atoms. The molecule has 0 bridgehead atoms. The first-order valence-electron chi connectivity index (χ1n) is 8.54. The summed E-state index contributed by atoms with van der Waals surface area (Å²) >= 11 is 5.94. The highest BCUT2D eigenvalue weighted by molar-refractivity contribution is 6.31. The van der Waals surface area contributed by atoms with Gasteiger partial charge < -0.3 is 9.47 Å². The van der Waals surface area contributed by atoms with Gasteiger partial charge in [0, 0.05) is 17.2 Å². The number of benzene rings is 3. The van der Waals surface area contributed by atoms with Gasteiger partial charge in [0.2, 0.25) is 0 Å². The fraction of sp³-hybridized carbons (Fsp3) is 0.0909. The van der Waals surface area contributed by atoms with E-state index in [4.69, 9.17) is 26.1 Å². The van der Waals surface area contributed by atoms with E-state index in [2.05, 4.69) is 4.98 Å². The summed E-state index contributed by atoms with van der Waals surface area (Å²) in [5, 5.41) is 0.0136. The zero-order valence-corrected chi connectivity index (χ0v) is 16.0. The molecule has 0 radical (unpaired) electrons. The van der Waals surface area contributed by atoms with Gasteiger partial charge in [-0.2, -0.15) is 0 Å². The Balaban J connectivity index is 1.96. The predicted octanol–water partition coefficient (Wildman–Crippen LogP) is 5.77. The van der Waals surface area contributed by atoms with Gasteiger partial charge in [-0.15, -0.1) is 0 Å². The smallest absolute Gasteiger partial charge is 0.144 e. The van der Waals surface area contributed by atoms with Crippen molar-refractivity contribution >= 4 is 22.6 Å². The van der Waals surface area contributed by atoms with Crippen LogP contribution in [0.3, 0.4) is 0 Å². The molecule has 1 aromatic heterocycles. The van der Waals surface area contributed by atoms with Gasteiger partial charge in [0.05, 0.1) is 41.7 Å². The van der Waals surface area contributed by atoms with Gasteiger partial charge in [-0.1, -0.05) is 11.6 Å². The highest BCUT2D eigenvalue weighted by Gasteiger charge is 2.15.